The number of esters is 2. The second kappa shape index (κ2) is 19.0. The summed E-state index contributed by atoms with van der Waals surface area (Å²) in [6.45, 7) is 4.28. The van der Waals surface area contributed by atoms with Gasteiger partial charge in [-0.05, 0) is 79.3 Å². The van der Waals surface area contributed by atoms with Crippen LogP contribution in [0.5, 0.6) is 0 Å². The Labute approximate surface area is 338 Å². The second-order valence-electron chi connectivity index (χ2n) is 12.8. The SMILES string of the molecule is CCOC(=O)c1[nH]ncc1I.CCOC(=O)c1ccn[nH]1.O=C(O)c1nn(CC(=O)C2CCc3n[nH]nc3C2)cc1-c1cnc(NC2Cc3ccccc3C2)nc1. The predicted molar refractivity (Wildman–Crippen MR) is 210 cm³/mol. The fourth-order valence-electron chi connectivity index (χ4n) is 6.30. The van der Waals surface area contributed by atoms with E-state index >= 15 is 0 Å². The maximum Gasteiger partial charge on any atom is 0.357 e. The average Bonchev–Trinajstić information content (AvgIpc) is 4.06. The van der Waals surface area contributed by atoms with Gasteiger partial charge in [-0.2, -0.15) is 30.7 Å². The van der Waals surface area contributed by atoms with Crippen molar-refractivity contribution in [1.82, 2.24) is 55.6 Å². The minimum Gasteiger partial charge on any atom is -0.476 e. The van der Waals surface area contributed by atoms with Gasteiger partial charge in [-0.15, -0.1) is 0 Å². The number of nitrogens with zero attached hydrogens (tertiary/aromatic N) is 8. The lowest BCUT2D eigenvalue weighted by molar-refractivity contribution is -0.124. The topological polar surface area (TPSA) is 262 Å². The number of rotatable bonds is 11. The van der Waals surface area contributed by atoms with Gasteiger partial charge in [0.1, 0.15) is 5.69 Å². The highest BCUT2D eigenvalue weighted by molar-refractivity contribution is 14.1. The number of carboxylic acids is 1. The molecular formula is C37H39IN12O7. The van der Waals surface area contributed by atoms with Crippen LogP contribution in [0.2, 0.25) is 0 Å². The first kappa shape index (κ1) is 40.3. The summed E-state index contributed by atoms with van der Waals surface area (Å²) in [4.78, 5) is 55.4. The fraction of sp³-hybridized carbons (Fsp3) is 0.324. The van der Waals surface area contributed by atoms with Gasteiger partial charge in [-0.25, -0.2) is 24.4 Å². The van der Waals surface area contributed by atoms with Crippen molar-refractivity contribution in [3.05, 3.63) is 104 Å². The number of benzene rings is 1. The molecule has 1 atom stereocenters. The number of nitrogens with one attached hydrogen (secondary N) is 4. The number of hydrogen-bond acceptors (Lipinski definition) is 14. The summed E-state index contributed by atoms with van der Waals surface area (Å²) in [6.07, 6.45) is 11.5. The Hall–Kier alpha value is -6.32. The predicted octanol–water partition coefficient (Wildman–Crippen LogP) is 3.89. The van der Waals surface area contributed by atoms with Gasteiger partial charge in [-0.3, -0.25) is 19.7 Å². The highest BCUT2D eigenvalue weighted by atomic mass is 127. The molecule has 0 aliphatic heterocycles. The molecule has 0 amide bonds. The smallest absolute Gasteiger partial charge is 0.357 e. The number of ether oxygens (including phenoxy) is 2. The van der Waals surface area contributed by atoms with Crippen molar-refractivity contribution in [2.45, 2.75) is 58.5 Å². The van der Waals surface area contributed by atoms with Gasteiger partial charge >= 0.3 is 17.9 Å². The number of hydrogen-bond donors (Lipinski definition) is 5. The van der Waals surface area contributed by atoms with Crippen LogP contribution in [0, 0.1) is 9.49 Å². The first-order chi connectivity index (χ1) is 27.6. The van der Waals surface area contributed by atoms with Crippen molar-refractivity contribution in [2.75, 3.05) is 18.5 Å². The van der Waals surface area contributed by atoms with Crippen LogP contribution in [-0.4, -0.2) is 104 Å². The second-order valence-corrected chi connectivity index (χ2v) is 14.0. The molecule has 5 aromatic heterocycles. The molecule has 6 aromatic rings. The lowest BCUT2D eigenvalue weighted by Crippen LogP contribution is -2.26. The molecule has 0 spiro atoms. The molecule has 57 heavy (non-hydrogen) atoms. The van der Waals surface area contributed by atoms with E-state index in [-0.39, 0.29) is 41.9 Å². The minimum absolute atomic E-state index is 0.0111. The Balaban J connectivity index is 0.000000213. The van der Waals surface area contributed by atoms with Crippen molar-refractivity contribution in [2.24, 2.45) is 5.92 Å². The molecule has 1 unspecified atom stereocenters. The molecule has 2 aliphatic carbocycles. The first-order valence-electron chi connectivity index (χ1n) is 18.0. The summed E-state index contributed by atoms with van der Waals surface area (Å²) in [6, 6.07) is 10.1. The number of aromatic nitrogens is 11. The van der Waals surface area contributed by atoms with E-state index in [2.05, 4.69) is 73.1 Å². The van der Waals surface area contributed by atoms with Crippen LogP contribution in [0.15, 0.2) is 61.3 Å². The van der Waals surface area contributed by atoms with Gasteiger partial charge in [0.05, 0.1) is 40.9 Å². The van der Waals surface area contributed by atoms with Crippen LogP contribution < -0.4 is 5.32 Å². The number of aryl methyl sites for hydroxylation is 1. The summed E-state index contributed by atoms with van der Waals surface area (Å²) in [5.41, 5.74) is 5.95. The van der Waals surface area contributed by atoms with Gasteiger partial charge in [-0.1, -0.05) is 24.3 Å². The molecule has 2 aliphatic rings. The van der Waals surface area contributed by atoms with E-state index in [0.717, 1.165) is 27.8 Å². The zero-order valence-corrected chi connectivity index (χ0v) is 33.1. The molecule has 5 N–H and O–H groups in total. The number of ketones is 1. The van der Waals surface area contributed by atoms with E-state index in [9.17, 15) is 24.3 Å². The zero-order chi connectivity index (χ0) is 40.3. The van der Waals surface area contributed by atoms with E-state index in [1.807, 2.05) is 34.7 Å². The van der Waals surface area contributed by atoms with Crippen LogP contribution in [0.4, 0.5) is 5.95 Å². The number of Topliss-reactive ketones (excluding diaryl/α,β-unsaturated/α-hetero) is 1. The number of aromatic amines is 3. The number of carboxylic acid groups (broad SMARTS) is 1. The number of carbonyl (C=O) groups is 4. The Kier molecular flexibility index (Phi) is 13.5. The number of H-pyrrole nitrogens is 3. The molecular weight excluding hydrogens is 851 g/mol. The van der Waals surface area contributed by atoms with E-state index < -0.39 is 5.97 Å². The van der Waals surface area contributed by atoms with Gasteiger partial charge in [0.2, 0.25) is 5.95 Å². The number of halogens is 1. The monoisotopic (exact) mass is 890 g/mol. The van der Waals surface area contributed by atoms with Crippen molar-refractivity contribution in [3.63, 3.8) is 0 Å². The third-order valence-corrected chi connectivity index (χ3v) is 9.84. The zero-order valence-electron chi connectivity index (χ0n) is 30.9. The lowest BCUT2D eigenvalue weighted by Gasteiger charge is -2.18. The van der Waals surface area contributed by atoms with Gasteiger partial charge in [0, 0.05) is 54.3 Å². The molecule has 296 valence electrons. The van der Waals surface area contributed by atoms with Crippen LogP contribution >= 0.6 is 22.6 Å². The highest BCUT2D eigenvalue weighted by Crippen LogP contribution is 2.27. The third-order valence-electron chi connectivity index (χ3n) is 9.03. The maximum atomic E-state index is 12.9. The number of aromatic carboxylic acids is 1. The molecule has 19 nitrogen and oxygen atoms in total. The molecule has 0 saturated heterocycles. The molecule has 0 radical (unpaired) electrons. The third kappa shape index (κ3) is 10.3. The summed E-state index contributed by atoms with van der Waals surface area (Å²) in [5, 5.41) is 40.4. The molecule has 0 bridgehead atoms. The Morgan fingerprint density at radius 2 is 1.61 bits per heavy atom. The highest BCUT2D eigenvalue weighted by Gasteiger charge is 2.28. The number of carbonyl (C=O) groups excluding carboxylic acids is 3. The van der Waals surface area contributed by atoms with Gasteiger partial charge in [0.25, 0.3) is 0 Å². The van der Waals surface area contributed by atoms with Crippen molar-refractivity contribution >= 4 is 52.2 Å². The molecule has 8 rings (SSSR count). The van der Waals surface area contributed by atoms with Crippen molar-refractivity contribution < 1.29 is 33.8 Å². The normalized spacial score (nSPS) is 14.2. The Morgan fingerprint density at radius 3 is 2.25 bits per heavy atom. The first-order valence-corrected chi connectivity index (χ1v) is 19.1. The van der Waals surface area contributed by atoms with Crippen LogP contribution in [0.1, 0.15) is 74.2 Å². The fourth-order valence-corrected chi connectivity index (χ4v) is 6.78. The summed E-state index contributed by atoms with van der Waals surface area (Å²) in [7, 11) is 0. The minimum atomic E-state index is -1.17. The molecule has 20 heteroatoms. The summed E-state index contributed by atoms with van der Waals surface area (Å²) in [5.74, 6) is -1.61. The van der Waals surface area contributed by atoms with Crippen molar-refractivity contribution in [1.29, 1.82) is 0 Å². The van der Waals surface area contributed by atoms with E-state index in [0.29, 0.717) is 60.9 Å². The summed E-state index contributed by atoms with van der Waals surface area (Å²) >= 11 is 2.02. The van der Waals surface area contributed by atoms with Crippen LogP contribution in [0.3, 0.4) is 0 Å². The Bertz CT molecular complexity index is 2280. The molecule has 0 fully saturated rings. The van der Waals surface area contributed by atoms with Crippen LogP contribution in [0.25, 0.3) is 11.1 Å². The Morgan fingerprint density at radius 1 is 0.912 bits per heavy atom. The maximum absolute atomic E-state index is 12.9. The quantitative estimate of drug-likeness (QED) is 0.0913. The number of anilines is 1. The van der Waals surface area contributed by atoms with E-state index in [1.54, 1.807) is 44.7 Å². The molecule has 1 aromatic carbocycles. The van der Waals surface area contributed by atoms with Gasteiger partial charge in [0.15, 0.2) is 17.2 Å². The van der Waals surface area contributed by atoms with Gasteiger partial charge < -0.3 is 19.9 Å². The van der Waals surface area contributed by atoms with Crippen molar-refractivity contribution in [3.8, 4) is 11.1 Å². The standard InChI is InChI=1S/C25H24N8O3.C6H7IN2O2.C6H8N2O2/c34-22(16-5-6-20-21(9-16)30-32-29-20)13-33-12-19(23(31-33)24(35)36)17-10-26-25(27-11-17)28-18-7-14-3-1-2-4-15(14)8-18;1-2-11-6(10)5-4(7)3-8-9-5;1-2-10-6(9)5-3-4-7-8-5/h1-4,10-12,16,18H,5-9,13H2,(H,35,36)(H,26,27,28)(H,29,30,32);3H,2H2,1H3,(H,8,9);3-4H,2H2,1H3,(H,7,8). The van der Waals surface area contributed by atoms with E-state index in [1.165, 1.54) is 22.0 Å². The van der Waals surface area contributed by atoms with E-state index in [4.69, 9.17) is 4.74 Å². The summed E-state index contributed by atoms with van der Waals surface area (Å²) < 4.78 is 11.6. The number of fused-ring (bicyclic) bond motifs is 2. The van der Waals surface area contributed by atoms with Crippen LogP contribution in [-0.2, 0) is 46.5 Å². The average molecular weight is 891 g/mol. The largest absolute Gasteiger partial charge is 0.476 e. The lowest BCUT2D eigenvalue weighted by atomic mass is 9.86. The molecule has 5 heterocycles. The molecule has 0 saturated carbocycles.